The SMILES string of the molecule is COc1ccc(/C=C2\Cc3ccc(O)cc3C2=O)cc1O. The molecule has 0 aliphatic heterocycles. The van der Waals surface area contributed by atoms with Gasteiger partial charge in [0.25, 0.3) is 0 Å². The van der Waals surface area contributed by atoms with E-state index in [0.717, 1.165) is 11.1 Å². The molecule has 0 amide bonds. The average molecular weight is 282 g/mol. The van der Waals surface area contributed by atoms with Crippen LogP contribution in [0.2, 0.25) is 0 Å². The Morgan fingerprint density at radius 1 is 1.14 bits per heavy atom. The van der Waals surface area contributed by atoms with Crippen molar-refractivity contribution < 1.29 is 19.7 Å². The normalized spacial score (nSPS) is 15.3. The maximum absolute atomic E-state index is 12.3. The van der Waals surface area contributed by atoms with Crippen LogP contribution >= 0.6 is 0 Å². The zero-order chi connectivity index (χ0) is 15.0. The second kappa shape index (κ2) is 4.98. The van der Waals surface area contributed by atoms with Crippen molar-refractivity contribution >= 4 is 11.9 Å². The smallest absolute Gasteiger partial charge is 0.189 e. The summed E-state index contributed by atoms with van der Waals surface area (Å²) in [6.07, 6.45) is 2.28. The first-order valence-electron chi connectivity index (χ1n) is 6.52. The molecule has 3 rings (SSSR count). The van der Waals surface area contributed by atoms with Crippen molar-refractivity contribution in [1.82, 2.24) is 0 Å². The Balaban J connectivity index is 1.96. The fraction of sp³-hybridized carbons (Fsp3) is 0.118. The highest BCUT2D eigenvalue weighted by Gasteiger charge is 2.25. The number of phenols is 2. The molecule has 0 radical (unpaired) electrons. The summed E-state index contributed by atoms with van der Waals surface area (Å²) in [5, 5.41) is 19.2. The van der Waals surface area contributed by atoms with E-state index in [4.69, 9.17) is 4.74 Å². The summed E-state index contributed by atoms with van der Waals surface area (Å²) in [6.45, 7) is 0. The molecule has 0 atom stereocenters. The van der Waals surface area contributed by atoms with Crippen LogP contribution in [0, 0.1) is 0 Å². The number of carbonyl (C=O) groups is 1. The molecule has 0 saturated carbocycles. The Labute approximate surface area is 121 Å². The molecular formula is C17H14O4. The van der Waals surface area contributed by atoms with Gasteiger partial charge in [-0.3, -0.25) is 4.79 Å². The van der Waals surface area contributed by atoms with Gasteiger partial charge in [0.1, 0.15) is 5.75 Å². The monoisotopic (exact) mass is 282 g/mol. The summed E-state index contributed by atoms with van der Waals surface area (Å²) in [5.74, 6) is 0.428. The lowest BCUT2D eigenvalue weighted by atomic mass is 10.1. The van der Waals surface area contributed by atoms with Crippen molar-refractivity contribution in [3.05, 3.63) is 58.7 Å². The van der Waals surface area contributed by atoms with Gasteiger partial charge >= 0.3 is 0 Å². The number of benzene rings is 2. The minimum absolute atomic E-state index is 0.0347. The van der Waals surface area contributed by atoms with Crippen LogP contribution in [0.1, 0.15) is 21.5 Å². The standard InChI is InChI=1S/C17H14O4/c1-21-16-5-2-10(7-15(16)19)6-12-8-11-3-4-13(18)9-14(11)17(12)20/h2-7,9,18-19H,8H2,1H3/b12-6+. The molecule has 0 spiro atoms. The Morgan fingerprint density at radius 3 is 2.67 bits per heavy atom. The molecule has 2 aromatic rings. The predicted molar refractivity (Wildman–Crippen MR) is 78.8 cm³/mol. The van der Waals surface area contributed by atoms with Gasteiger partial charge in [-0.15, -0.1) is 0 Å². The number of ether oxygens (including phenoxy) is 1. The first-order valence-corrected chi connectivity index (χ1v) is 6.52. The Bertz CT molecular complexity index is 759. The van der Waals surface area contributed by atoms with Gasteiger partial charge in [0.2, 0.25) is 0 Å². The van der Waals surface area contributed by atoms with Crippen LogP contribution in [0.25, 0.3) is 6.08 Å². The summed E-state index contributed by atoms with van der Waals surface area (Å²) < 4.78 is 4.99. The third-order valence-electron chi connectivity index (χ3n) is 3.55. The van der Waals surface area contributed by atoms with Gasteiger partial charge in [0.15, 0.2) is 17.3 Å². The van der Waals surface area contributed by atoms with E-state index in [1.165, 1.54) is 13.2 Å². The van der Waals surface area contributed by atoms with E-state index in [1.54, 1.807) is 36.4 Å². The average Bonchev–Trinajstić information content (AvgIpc) is 2.76. The Hall–Kier alpha value is -2.75. The van der Waals surface area contributed by atoms with Crippen LogP contribution in [-0.2, 0) is 6.42 Å². The van der Waals surface area contributed by atoms with E-state index in [2.05, 4.69) is 0 Å². The number of carbonyl (C=O) groups excluding carboxylic acids is 1. The molecule has 4 heteroatoms. The van der Waals surface area contributed by atoms with Crippen LogP contribution in [0.15, 0.2) is 42.0 Å². The number of rotatable bonds is 2. The maximum atomic E-state index is 12.3. The molecule has 0 bridgehead atoms. The molecule has 0 heterocycles. The first kappa shape index (κ1) is 13.2. The lowest BCUT2D eigenvalue weighted by Crippen LogP contribution is -1.95. The molecule has 0 aromatic heterocycles. The van der Waals surface area contributed by atoms with E-state index in [-0.39, 0.29) is 17.3 Å². The molecule has 1 aliphatic rings. The highest BCUT2D eigenvalue weighted by molar-refractivity contribution is 6.15. The summed E-state index contributed by atoms with van der Waals surface area (Å²) >= 11 is 0. The molecule has 0 saturated heterocycles. The quantitative estimate of drug-likeness (QED) is 0.831. The van der Waals surface area contributed by atoms with E-state index in [9.17, 15) is 15.0 Å². The van der Waals surface area contributed by atoms with E-state index in [0.29, 0.717) is 23.3 Å². The second-order valence-corrected chi connectivity index (χ2v) is 4.95. The molecule has 21 heavy (non-hydrogen) atoms. The number of hydrogen-bond donors (Lipinski definition) is 2. The predicted octanol–water partition coefficient (Wildman–Crippen LogP) is 2.93. The van der Waals surface area contributed by atoms with Crippen molar-refractivity contribution in [2.45, 2.75) is 6.42 Å². The van der Waals surface area contributed by atoms with Gasteiger partial charge in [0.05, 0.1) is 7.11 Å². The van der Waals surface area contributed by atoms with E-state index < -0.39 is 0 Å². The molecule has 1 aliphatic carbocycles. The van der Waals surface area contributed by atoms with Crippen molar-refractivity contribution in [2.24, 2.45) is 0 Å². The van der Waals surface area contributed by atoms with Gasteiger partial charge in [0, 0.05) is 17.6 Å². The number of ketones is 1. The fourth-order valence-electron chi connectivity index (χ4n) is 2.50. The maximum Gasteiger partial charge on any atom is 0.189 e. The number of Topliss-reactive ketones (excluding diaryl/α,β-unsaturated/α-hetero) is 1. The third-order valence-corrected chi connectivity index (χ3v) is 3.55. The van der Waals surface area contributed by atoms with Gasteiger partial charge < -0.3 is 14.9 Å². The van der Waals surface area contributed by atoms with Gasteiger partial charge in [-0.2, -0.15) is 0 Å². The zero-order valence-electron chi connectivity index (χ0n) is 11.5. The second-order valence-electron chi connectivity index (χ2n) is 4.95. The summed E-state index contributed by atoms with van der Waals surface area (Å²) in [4.78, 5) is 12.3. The Kier molecular flexibility index (Phi) is 3.14. The first-order chi connectivity index (χ1) is 10.1. The molecule has 2 aromatic carbocycles. The highest BCUT2D eigenvalue weighted by atomic mass is 16.5. The molecular weight excluding hydrogens is 268 g/mol. The number of hydrogen-bond acceptors (Lipinski definition) is 4. The highest BCUT2D eigenvalue weighted by Crippen LogP contribution is 2.32. The van der Waals surface area contributed by atoms with E-state index >= 15 is 0 Å². The van der Waals surface area contributed by atoms with Crippen molar-refractivity contribution in [3.8, 4) is 17.2 Å². The Morgan fingerprint density at radius 2 is 1.95 bits per heavy atom. The van der Waals surface area contributed by atoms with Crippen molar-refractivity contribution in [2.75, 3.05) is 7.11 Å². The molecule has 106 valence electrons. The van der Waals surface area contributed by atoms with Crippen LogP contribution < -0.4 is 4.74 Å². The number of aromatic hydroxyl groups is 2. The summed E-state index contributed by atoms with van der Waals surface area (Å²) in [7, 11) is 1.48. The number of fused-ring (bicyclic) bond motifs is 1. The van der Waals surface area contributed by atoms with Crippen LogP contribution in [0.5, 0.6) is 17.2 Å². The van der Waals surface area contributed by atoms with Gasteiger partial charge in [-0.1, -0.05) is 12.1 Å². The summed E-state index contributed by atoms with van der Waals surface area (Å²) in [6, 6.07) is 9.81. The lowest BCUT2D eigenvalue weighted by molar-refractivity contribution is 0.104. The minimum atomic E-state index is -0.0868. The minimum Gasteiger partial charge on any atom is -0.508 e. The van der Waals surface area contributed by atoms with Crippen LogP contribution in [-0.4, -0.2) is 23.1 Å². The molecule has 0 fully saturated rings. The topological polar surface area (TPSA) is 66.8 Å². The number of allylic oxidation sites excluding steroid dienone is 1. The fourth-order valence-corrected chi connectivity index (χ4v) is 2.50. The zero-order valence-corrected chi connectivity index (χ0v) is 11.5. The van der Waals surface area contributed by atoms with E-state index in [1.807, 2.05) is 0 Å². The number of phenolic OH excluding ortho intramolecular Hbond substituents is 2. The van der Waals surface area contributed by atoms with Crippen molar-refractivity contribution in [3.63, 3.8) is 0 Å². The summed E-state index contributed by atoms with van der Waals surface area (Å²) in [5.41, 5.74) is 2.81. The largest absolute Gasteiger partial charge is 0.508 e. The third kappa shape index (κ3) is 2.36. The van der Waals surface area contributed by atoms with Crippen molar-refractivity contribution in [1.29, 1.82) is 0 Å². The van der Waals surface area contributed by atoms with Gasteiger partial charge in [-0.25, -0.2) is 0 Å². The molecule has 2 N–H and O–H groups in total. The van der Waals surface area contributed by atoms with Gasteiger partial charge in [-0.05, 0) is 41.5 Å². The lowest BCUT2D eigenvalue weighted by Gasteiger charge is -2.04. The molecule has 0 unspecified atom stereocenters. The molecule has 4 nitrogen and oxygen atoms in total. The van der Waals surface area contributed by atoms with Crippen LogP contribution in [0.4, 0.5) is 0 Å². The number of methoxy groups -OCH3 is 1. The van der Waals surface area contributed by atoms with Crippen LogP contribution in [0.3, 0.4) is 0 Å².